The number of hydrogen-bond acceptors (Lipinski definition) is 3. The van der Waals surface area contributed by atoms with E-state index in [1.165, 1.54) is 48.0 Å². The fourth-order valence-electron chi connectivity index (χ4n) is 5.86. The highest BCUT2D eigenvalue weighted by Crippen LogP contribution is 2.40. The van der Waals surface area contributed by atoms with Crippen LogP contribution in [-0.4, -0.2) is 40.4 Å². The normalized spacial score (nSPS) is 17.0. The molecule has 0 spiro atoms. The first-order valence-electron chi connectivity index (χ1n) is 13.3. The van der Waals surface area contributed by atoms with Gasteiger partial charge in [-0.2, -0.15) is 5.10 Å². The van der Waals surface area contributed by atoms with E-state index >= 15 is 0 Å². The largest absolute Gasteiger partial charge is 0.381 e. The van der Waals surface area contributed by atoms with Crippen LogP contribution in [0.3, 0.4) is 0 Å². The number of nitrogens with one attached hydrogen (secondary N) is 2. The lowest BCUT2D eigenvalue weighted by Crippen LogP contribution is -2.28. The first-order valence-corrected chi connectivity index (χ1v) is 13.3. The minimum absolute atomic E-state index is 0.178. The summed E-state index contributed by atoms with van der Waals surface area (Å²) in [5, 5.41) is 12.8. The number of ether oxygens (including phenoxy) is 1. The third kappa shape index (κ3) is 4.52. The Hall–Kier alpha value is -3.19. The van der Waals surface area contributed by atoms with Crippen LogP contribution in [0.2, 0.25) is 0 Å². The predicted molar refractivity (Wildman–Crippen MR) is 139 cm³/mol. The van der Waals surface area contributed by atoms with Gasteiger partial charge in [0.25, 0.3) is 0 Å². The number of aryl methyl sites for hydroxylation is 1. The van der Waals surface area contributed by atoms with E-state index in [2.05, 4.69) is 32.2 Å². The van der Waals surface area contributed by atoms with Gasteiger partial charge in [-0.1, -0.05) is 6.42 Å². The zero-order valence-electron chi connectivity index (χ0n) is 20.6. The zero-order valence-corrected chi connectivity index (χ0v) is 20.6. The summed E-state index contributed by atoms with van der Waals surface area (Å²) in [6, 6.07) is 11.2. The number of carbonyl (C=O) groups excluding carboxylic acids is 1. The van der Waals surface area contributed by atoms with E-state index in [0.29, 0.717) is 24.8 Å². The molecule has 0 radical (unpaired) electrons. The summed E-state index contributed by atoms with van der Waals surface area (Å²) in [6.07, 6.45) is 9.80. The van der Waals surface area contributed by atoms with Crippen LogP contribution in [0, 0.1) is 11.7 Å². The molecule has 2 aliphatic rings. The van der Waals surface area contributed by atoms with Crippen LogP contribution in [0.4, 0.5) is 4.39 Å². The van der Waals surface area contributed by atoms with E-state index < -0.39 is 0 Å². The van der Waals surface area contributed by atoms with Crippen molar-refractivity contribution in [3.63, 3.8) is 0 Å². The number of H-pyrrole nitrogens is 1. The SMILES string of the molecule is O=C(CC1CCC1)NCCCc1c(C2CCOCC2)n(-c2ccc(F)cc2)c2cc3cn[nH]c3cc12. The highest BCUT2D eigenvalue weighted by molar-refractivity contribution is 5.98. The lowest BCUT2D eigenvalue weighted by molar-refractivity contribution is -0.122. The smallest absolute Gasteiger partial charge is 0.220 e. The number of hydrogen-bond donors (Lipinski definition) is 2. The lowest BCUT2D eigenvalue weighted by atomic mass is 9.83. The summed E-state index contributed by atoms with van der Waals surface area (Å²) in [5.74, 6) is 0.877. The molecule has 6 rings (SSSR count). The molecule has 7 heteroatoms. The number of amides is 1. The van der Waals surface area contributed by atoms with Crippen molar-refractivity contribution < 1.29 is 13.9 Å². The Bertz CT molecular complexity index is 1360. The lowest BCUT2D eigenvalue weighted by Gasteiger charge is -2.26. The molecule has 36 heavy (non-hydrogen) atoms. The first-order chi connectivity index (χ1) is 17.7. The molecular weight excluding hydrogens is 455 g/mol. The maximum absolute atomic E-state index is 13.8. The van der Waals surface area contributed by atoms with E-state index in [1.807, 2.05) is 18.3 Å². The molecule has 2 N–H and O–H groups in total. The number of benzene rings is 2. The molecule has 2 fully saturated rings. The minimum atomic E-state index is -0.238. The summed E-state index contributed by atoms with van der Waals surface area (Å²) < 4.78 is 21.9. The van der Waals surface area contributed by atoms with Crippen LogP contribution in [0.1, 0.15) is 62.1 Å². The van der Waals surface area contributed by atoms with Gasteiger partial charge in [0.05, 0.1) is 17.2 Å². The Labute approximate surface area is 210 Å². The van der Waals surface area contributed by atoms with E-state index in [9.17, 15) is 9.18 Å². The van der Waals surface area contributed by atoms with Gasteiger partial charge in [0.1, 0.15) is 5.82 Å². The molecule has 0 unspecified atom stereocenters. The second-order valence-electron chi connectivity index (χ2n) is 10.3. The number of aromatic amines is 1. The second-order valence-corrected chi connectivity index (χ2v) is 10.3. The topological polar surface area (TPSA) is 71.9 Å². The molecule has 2 aromatic heterocycles. The highest BCUT2D eigenvalue weighted by Gasteiger charge is 2.27. The standard InChI is InChI=1S/C29H33FN4O2/c30-22-6-8-23(9-7-22)34-27-16-21-18-32-33-26(21)17-25(27)24(29(34)20-10-13-36-14-11-20)5-2-12-31-28(35)15-19-3-1-4-19/h6-9,16-20H,1-5,10-15H2,(H,31,35)(H,32,33). The Balaban J connectivity index is 1.38. The van der Waals surface area contributed by atoms with E-state index in [4.69, 9.17) is 4.74 Å². The number of nitrogens with zero attached hydrogens (tertiary/aromatic N) is 2. The predicted octanol–water partition coefficient (Wildman–Crippen LogP) is 5.78. The molecule has 0 bridgehead atoms. The van der Waals surface area contributed by atoms with E-state index in [1.54, 1.807) is 0 Å². The van der Waals surface area contributed by atoms with Crippen molar-refractivity contribution in [2.75, 3.05) is 19.8 Å². The van der Waals surface area contributed by atoms with Gasteiger partial charge < -0.3 is 14.6 Å². The summed E-state index contributed by atoms with van der Waals surface area (Å²) >= 11 is 0. The summed E-state index contributed by atoms with van der Waals surface area (Å²) in [5.41, 5.74) is 5.69. The molecule has 4 aromatic rings. The van der Waals surface area contributed by atoms with Crippen molar-refractivity contribution in [3.8, 4) is 5.69 Å². The molecule has 1 amide bonds. The van der Waals surface area contributed by atoms with Crippen LogP contribution >= 0.6 is 0 Å². The van der Waals surface area contributed by atoms with Crippen molar-refractivity contribution in [2.45, 2.75) is 57.3 Å². The van der Waals surface area contributed by atoms with Crippen LogP contribution in [0.15, 0.2) is 42.6 Å². The summed E-state index contributed by atoms with van der Waals surface area (Å²) in [4.78, 5) is 12.3. The molecule has 1 aliphatic carbocycles. The van der Waals surface area contributed by atoms with Crippen molar-refractivity contribution in [3.05, 3.63) is 59.7 Å². The Morgan fingerprint density at radius 1 is 1.14 bits per heavy atom. The number of aromatic nitrogens is 3. The average molecular weight is 489 g/mol. The highest BCUT2D eigenvalue weighted by atomic mass is 19.1. The van der Waals surface area contributed by atoms with Crippen molar-refractivity contribution >= 4 is 27.7 Å². The summed E-state index contributed by atoms with van der Waals surface area (Å²) in [7, 11) is 0. The molecule has 1 saturated heterocycles. The van der Waals surface area contributed by atoms with Crippen LogP contribution < -0.4 is 5.32 Å². The zero-order chi connectivity index (χ0) is 24.5. The van der Waals surface area contributed by atoms with Crippen molar-refractivity contribution in [1.29, 1.82) is 0 Å². The van der Waals surface area contributed by atoms with E-state index in [0.717, 1.165) is 61.0 Å². The third-order valence-corrected chi connectivity index (χ3v) is 7.99. The fourth-order valence-corrected chi connectivity index (χ4v) is 5.86. The number of rotatable bonds is 8. The molecule has 2 aromatic carbocycles. The number of carbonyl (C=O) groups is 1. The van der Waals surface area contributed by atoms with Crippen molar-refractivity contribution in [1.82, 2.24) is 20.1 Å². The van der Waals surface area contributed by atoms with Crippen LogP contribution in [-0.2, 0) is 16.0 Å². The molecular formula is C29H33FN4O2. The Morgan fingerprint density at radius 2 is 1.94 bits per heavy atom. The Kier molecular flexibility index (Phi) is 6.48. The van der Waals surface area contributed by atoms with Gasteiger partial charge in [0, 0.05) is 54.3 Å². The molecule has 6 nitrogen and oxygen atoms in total. The van der Waals surface area contributed by atoms with Gasteiger partial charge in [-0.25, -0.2) is 4.39 Å². The fraction of sp³-hybridized carbons (Fsp3) is 0.448. The molecule has 188 valence electrons. The molecule has 3 heterocycles. The minimum Gasteiger partial charge on any atom is -0.381 e. The Morgan fingerprint density at radius 3 is 2.69 bits per heavy atom. The summed E-state index contributed by atoms with van der Waals surface area (Å²) in [6.45, 7) is 2.17. The van der Waals surface area contributed by atoms with Gasteiger partial charge >= 0.3 is 0 Å². The van der Waals surface area contributed by atoms with Gasteiger partial charge in [-0.3, -0.25) is 9.89 Å². The number of halogens is 1. The first kappa shape index (κ1) is 23.2. The quantitative estimate of drug-likeness (QED) is 0.309. The molecule has 1 aliphatic heterocycles. The average Bonchev–Trinajstić information content (AvgIpc) is 3.45. The van der Waals surface area contributed by atoms with Crippen LogP contribution in [0.5, 0.6) is 0 Å². The molecule has 1 saturated carbocycles. The maximum atomic E-state index is 13.8. The van der Waals surface area contributed by atoms with Gasteiger partial charge in [0.2, 0.25) is 5.91 Å². The maximum Gasteiger partial charge on any atom is 0.220 e. The number of fused-ring (bicyclic) bond motifs is 2. The molecule has 0 atom stereocenters. The van der Waals surface area contributed by atoms with Gasteiger partial charge in [-0.15, -0.1) is 0 Å². The monoisotopic (exact) mass is 488 g/mol. The van der Waals surface area contributed by atoms with Gasteiger partial charge in [-0.05, 0) is 86.4 Å². The third-order valence-electron chi connectivity index (χ3n) is 7.99. The van der Waals surface area contributed by atoms with E-state index in [-0.39, 0.29) is 11.7 Å². The van der Waals surface area contributed by atoms with Crippen LogP contribution in [0.25, 0.3) is 27.5 Å². The van der Waals surface area contributed by atoms with Gasteiger partial charge in [0.15, 0.2) is 0 Å². The second kappa shape index (κ2) is 10.1. The van der Waals surface area contributed by atoms with Crippen molar-refractivity contribution in [2.24, 2.45) is 5.92 Å².